The number of carbonyl (C=O) groups excluding carboxylic acids is 1. The zero-order valence-electron chi connectivity index (χ0n) is 15.9. The molecule has 0 saturated heterocycles. The van der Waals surface area contributed by atoms with Gasteiger partial charge in [-0.2, -0.15) is 0 Å². The topological polar surface area (TPSA) is 89.0 Å². The number of hydrogen-bond donors (Lipinski definition) is 2. The Bertz CT molecular complexity index is 727. The molecule has 2 N–H and O–H groups in total. The average molecular weight is 392 g/mol. The van der Waals surface area contributed by atoms with Gasteiger partial charge in [-0.05, 0) is 30.9 Å². The van der Waals surface area contributed by atoms with E-state index < -0.39 is 6.04 Å². The highest BCUT2D eigenvalue weighted by atomic mass is 35.5. The van der Waals surface area contributed by atoms with Gasteiger partial charge in [0.1, 0.15) is 17.0 Å². The number of nitrogens with one attached hydrogen (secondary N) is 2. The predicted octanol–water partition coefficient (Wildman–Crippen LogP) is 3.17. The highest BCUT2D eigenvalue weighted by Crippen LogP contribution is 2.21. The Balaban J connectivity index is 2.14. The predicted molar refractivity (Wildman–Crippen MR) is 107 cm³/mol. The Kier molecular flexibility index (Phi) is 8.42. The summed E-state index contributed by atoms with van der Waals surface area (Å²) in [7, 11) is 1.64. The van der Waals surface area contributed by atoms with Gasteiger partial charge in [-0.25, -0.2) is 9.97 Å². The van der Waals surface area contributed by atoms with E-state index in [2.05, 4.69) is 39.4 Å². The Morgan fingerprint density at radius 2 is 2.00 bits per heavy atom. The number of carbonyl (C=O) groups is 1. The third-order valence-corrected chi connectivity index (χ3v) is 4.00. The fraction of sp³-hybridized carbons (Fsp3) is 0.474. The highest BCUT2D eigenvalue weighted by molar-refractivity contribution is 6.29. The van der Waals surface area contributed by atoms with Gasteiger partial charge in [-0.1, -0.05) is 25.4 Å². The number of methoxy groups -OCH3 is 1. The molecule has 0 spiro atoms. The number of aromatic nitrogens is 3. The summed E-state index contributed by atoms with van der Waals surface area (Å²) in [5.74, 6) is 1.26. The molecule has 2 aromatic heterocycles. The molecule has 0 saturated carbocycles. The van der Waals surface area contributed by atoms with Gasteiger partial charge in [0.15, 0.2) is 5.82 Å². The quantitative estimate of drug-likeness (QED) is 0.477. The standard InChI is InChI=1S/C19H26ClN5O2/c1-13(2)11-15(19(26)22-7-4-10-27-3)23-17-12-16(20)24-18(25-17)14-5-8-21-9-6-14/h5-6,8-9,12-13,15H,4,7,10-11H2,1-3H3,(H,22,26)(H,23,24,25). The molecule has 27 heavy (non-hydrogen) atoms. The van der Waals surface area contributed by atoms with Crippen LogP contribution in [-0.2, 0) is 9.53 Å². The van der Waals surface area contributed by atoms with E-state index in [1.807, 2.05) is 12.1 Å². The number of nitrogens with zero attached hydrogens (tertiary/aromatic N) is 3. The molecule has 8 heteroatoms. The van der Waals surface area contributed by atoms with Crippen molar-refractivity contribution in [3.8, 4) is 11.4 Å². The molecule has 0 aliphatic carbocycles. The van der Waals surface area contributed by atoms with Crippen LogP contribution in [0.5, 0.6) is 0 Å². The van der Waals surface area contributed by atoms with Crippen molar-refractivity contribution in [3.05, 3.63) is 35.7 Å². The van der Waals surface area contributed by atoms with Crippen LogP contribution in [0.15, 0.2) is 30.6 Å². The van der Waals surface area contributed by atoms with Gasteiger partial charge in [0.25, 0.3) is 0 Å². The van der Waals surface area contributed by atoms with Crippen LogP contribution >= 0.6 is 11.6 Å². The first-order valence-corrected chi connectivity index (χ1v) is 9.35. The molecule has 0 fully saturated rings. The molecular formula is C19H26ClN5O2. The lowest BCUT2D eigenvalue weighted by Gasteiger charge is -2.21. The maximum Gasteiger partial charge on any atom is 0.242 e. The molecule has 0 aliphatic heterocycles. The van der Waals surface area contributed by atoms with Gasteiger partial charge in [-0.15, -0.1) is 0 Å². The second kappa shape index (κ2) is 10.8. The fourth-order valence-electron chi connectivity index (χ4n) is 2.55. The van der Waals surface area contributed by atoms with Gasteiger partial charge in [0.05, 0.1) is 0 Å². The Morgan fingerprint density at radius 3 is 2.67 bits per heavy atom. The van der Waals surface area contributed by atoms with E-state index in [9.17, 15) is 4.79 Å². The first kappa shape index (κ1) is 21.1. The van der Waals surface area contributed by atoms with Crippen LogP contribution in [0.2, 0.25) is 5.15 Å². The SMILES string of the molecule is COCCCNC(=O)C(CC(C)C)Nc1cc(Cl)nc(-c2ccncc2)n1. The zero-order valence-corrected chi connectivity index (χ0v) is 16.7. The van der Waals surface area contributed by atoms with Crippen molar-refractivity contribution in [2.75, 3.05) is 25.6 Å². The molecule has 2 rings (SSSR count). The molecule has 1 unspecified atom stereocenters. The Labute approximate surface area is 164 Å². The van der Waals surface area contributed by atoms with E-state index in [1.54, 1.807) is 25.6 Å². The molecule has 0 aliphatic rings. The maximum atomic E-state index is 12.6. The Morgan fingerprint density at radius 1 is 1.26 bits per heavy atom. The molecular weight excluding hydrogens is 366 g/mol. The fourth-order valence-corrected chi connectivity index (χ4v) is 2.74. The molecule has 0 bridgehead atoms. The number of rotatable bonds is 10. The van der Waals surface area contributed by atoms with Crippen LogP contribution in [0.1, 0.15) is 26.7 Å². The summed E-state index contributed by atoms with van der Waals surface area (Å²) >= 11 is 6.17. The van der Waals surface area contributed by atoms with Crippen LogP contribution in [0.3, 0.4) is 0 Å². The van der Waals surface area contributed by atoms with Gasteiger partial charge in [-0.3, -0.25) is 9.78 Å². The van der Waals surface area contributed by atoms with E-state index in [4.69, 9.17) is 16.3 Å². The summed E-state index contributed by atoms with van der Waals surface area (Å²) in [6.45, 7) is 5.32. The second-order valence-corrected chi connectivity index (χ2v) is 6.99. The van der Waals surface area contributed by atoms with Crippen molar-refractivity contribution in [2.45, 2.75) is 32.7 Å². The number of halogens is 1. The van der Waals surface area contributed by atoms with Crippen LogP contribution < -0.4 is 10.6 Å². The molecule has 1 amide bonds. The number of anilines is 1. The lowest BCUT2D eigenvalue weighted by molar-refractivity contribution is -0.122. The normalized spacial score (nSPS) is 12.0. The first-order valence-electron chi connectivity index (χ1n) is 8.97. The van der Waals surface area contributed by atoms with E-state index in [-0.39, 0.29) is 5.91 Å². The van der Waals surface area contributed by atoms with Gasteiger partial charge in [0, 0.05) is 44.3 Å². The molecule has 0 radical (unpaired) electrons. The monoisotopic (exact) mass is 391 g/mol. The van der Waals surface area contributed by atoms with Crippen molar-refractivity contribution in [1.82, 2.24) is 20.3 Å². The lowest BCUT2D eigenvalue weighted by atomic mass is 10.0. The summed E-state index contributed by atoms with van der Waals surface area (Å²) in [6, 6.07) is 4.83. The minimum absolute atomic E-state index is 0.0694. The maximum absolute atomic E-state index is 12.6. The minimum Gasteiger partial charge on any atom is -0.385 e. The van der Waals surface area contributed by atoms with Crippen LogP contribution in [0.25, 0.3) is 11.4 Å². The van der Waals surface area contributed by atoms with Crippen LogP contribution in [-0.4, -0.2) is 47.2 Å². The molecule has 2 aromatic rings. The molecule has 0 aromatic carbocycles. The molecule has 146 valence electrons. The van der Waals surface area contributed by atoms with Crippen molar-refractivity contribution in [2.24, 2.45) is 5.92 Å². The second-order valence-electron chi connectivity index (χ2n) is 6.60. The zero-order chi connectivity index (χ0) is 19.6. The van der Waals surface area contributed by atoms with Crippen molar-refractivity contribution < 1.29 is 9.53 Å². The summed E-state index contributed by atoms with van der Waals surface area (Å²) < 4.78 is 5.01. The highest BCUT2D eigenvalue weighted by Gasteiger charge is 2.20. The number of ether oxygens (including phenoxy) is 1. The van der Waals surface area contributed by atoms with E-state index >= 15 is 0 Å². The van der Waals surface area contributed by atoms with Crippen molar-refractivity contribution in [3.63, 3.8) is 0 Å². The minimum atomic E-state index is -0.413. The van der Waals surface area contributed by atoms with Gasteiger partial charge < -0.3 is 15.4 Å². The third kappa shape index (κ3) is 7.11. The molecule has 7 nitrogen and oxygen atoms in total. The van der Waals surface area contributed by atoms with E-state index in [0.717, 1.165) is 12.0 Å². The summed E-state index contributed by atoms with van der Waals surface area (Å²) in [5.41, 5.74) is 0.806. The largest absolute Gasteiger partial charge is 0.385 e. The van der Waals surface area contributed by atoms with Crippen LogP contribution in [0, 0.1) is 5.92 Å². The van der Waals surface area contributed by atoms with Crippen molar-refractivity contribution in [1.29, 1.82) is 0 Å². The van der Waals surface area contributed by atoms with E-state index in [0.29, 0.717) is 42.3 Å². The van der Waals surface area contributed by atoms with E-state index in [1.165, 1.54) is 0 Å². The van der Waals surface area contributed by atoms with Crippen LogP contribution in [0.4, 0.5) is 5.82 Å². The average Bonchev–Trinajstić information content (AvgIpc) is 2.64. The van der Waals surface area contributed by atoms with Gasteiger partial charge >= 0.3 is 0 Å². The lowest BCUT2D eigenvalue weighted by Crippen LogP contribution is -2.41. The van der Waals surface area contributed by atoms with Crippen molar-refractivity contribution >= 4 is 23.3 Å². The number of pyridine rings is 1. The summed E-state index contributed by atoms with van der Waals surface area (Å²) in [4.78, 5) is 25.4. The summed E-state index contributed by atoms with van der Waals surface area (Å²) in [5, 5.41) is 6.45. The van der Waals surface area contributed by atoms with Gasteiger partial charge in [0.2, 0.25) is 5.91 Å². The molecule has 1 atom stereocenters. The number of amides is 1. The number of hydrogen-bond acceptors (Lipinski definition) is 6. The third-order valence-electron chi connectivity index (χ3n) is 3.80. The Hall–Kier alpha value is -2.25. The molecule has 2 heterocycles. The summed E-state index contributed by atoms with van der Waals surface area (Å²) in [6.07, 6.45) is 4.77. The smallest absolute Gasteiger partial charge is 0.242 e. The first-order chi connectivity index (χ1) is 13.0.